The molecule has 1 heterocycles. The van der Waals surface area contributed by atoms with Gasteiger partial charge in [-0.05, 0) is 84.0 Å². The molecule has 0 radical (unpaired) electrons. The molecule has 0 aliphatic rings. The van der Waals surface area contributed by atoms with Crippen LogP contribution in [0.3, 0.4) is 0 Å². The Labute approximate surface area is 248 Å². The maximum absolute atomic E-state index is 11.6. The number of nitrogens with zero attached hydrogens (tertiary/aromatic N) is 2. The van der Waals surface area contributed by atoms with Gasteiger partial charge in [0, 0.05) is 25.2 Å². The van der Waals surface area contributed by atoms with E-state index < -0.39 is 17.5 Å². The van der Waals surface area contributed by atoms with E-state index in [1.165, 1.54) is 16.7 Å². The number of anilines is 1. The van der Waals surface area contributed by atoms with Crippen LogP contribution < -0.4 is 56.0 Å². The van der Waals surface area contributed by atoms with Crippen molar-refractivity contribution in [2.45, 2.75) is 46.4 Å². The van der Waals surface area contributed by atoms with Crippen LogP contribution in [0.4, 0.5) is 5.69 Å². The summed E-state index contributed by atoms with van der Waals surface area (Å²) in [6.45, 7) is 7.08. The van der Waals surface area contributed by atoms with Gasteiger partial charge in [-0.1, -0.05) is 30.3 Å². The molecule has 0 spiro atoms. The number of hydrogen-bond acceptors (Lipinski definition) is 7. The van der Waals surface area contributed by atoms with Gasteiger partial charge in [-0.15, -0.1) is 0 Å². The molecular weight excluding hydrogens is 509 g/mol. The Morgan fingerprint density at radius 1 is 1.05 bits per heavy atom. The first-order valence-electron chi connectivity index (χ1n) is 12.4. The van der Waals surface area contributed by atoms with Crippen molar-refractivity contribution in [2.24, 2.45) is 0 Å². The number of rotatable bonds is 11. The predicted molar refractivity (Wildman–Crippen MR) is 145 cm³/mol. The summed E-state index contributed by atoms with van der Waals surface area (Å²) in [4.78, 5) is 25.9. The van der Waals surface area contributed by atoms with Gasteiger partial charge < -0.3 is 29.8 Å². The third kappa shape index (κ3) is 7.74. The summed E-state index contributed by atoms with van der Waals surface area (Å²) < 4.78 is 11.5. The molecule has 10 heteroatoms. The maximum Gasteiger partial charge on any atom is 1.00 e. The van der Waals surface area contributed by atoms with E-state index in [0.29, 0.717) is 19.6 Å². The summed E-state index contributed by atoms with van der Waals surface area (Å²) in [5.74, 6) is -0.148. The van der Waals surface area contributed by atoms with Crippen molar-refractivity contribution in [3.05, 3.63) is 103 Å². The van der Waals surface area contributed by atoms with Crippen molar-refractivity contribution in [1.29, 1.82) is 0 Å². The molecule has 0 fully saturated rings. The van der Waals surface area contributed by atoms with Crippen LogP contribution in [0.1, 0.15) is 34.2 Å². The van der Waals surface area contributed by atoms with Crippen molar-refractivity contribution in [2.75, 3.05) is 18.5 Å². The van der Waals surface area contributed by atoms with E-state index in [2.05, 4.69) is 49.3 Å². The molecule has 39 heavy (non-hydrogen) atoms. The minimum atomic E-state index is -0.893. The van der Waals surface area contributed by atoms with Crippen LogP contribution in [0.2, 0.25) is 0 Å². The fourth-order valence-corrected chi connectivity index (χ4v) is 4.46. The zero-order chi connectivity index (χ0) is 27.2. The summed E-state index contributed by atoms with van der Waals surface area (Å²) in [6.07, 6.45) is -0.399. The summed E-state index contributed by atoms with van der Waals surface area (Å²) in [5, 5.41) is 21.9. The fourth-order valence-electron chi connectivity index (χ4n) is 4.46. The number of nitrogens with one attached hydrogen (secondary N) is 1. The van der Waals surface area contributed by atoms with Crippen LogP contribution in [-0.2, 0) is 13.1 Å². The second-order valence-corrected chi connectivity index (χ2v) is 9.33. The maximum atomic E-state index is 11.6. The molecule has 200 valence electrons. The van der Waals surface area contributed by atoms with Gasteiger partial charge in [0.1, 0.15) is 5.75 Å². The van der Waals surface area contributed by atoms with E-state index in [-0.39, 0.29) is 42.7 Å². The van der Waals surface area contributed by atoms with E-state index in [4.69, 9.17) is 14.4 Å². The molecule has 0 aliphatic carbocycles. The number of aromatic nitrogens is 2. The molecule has 1 aromatic heterocycles. The van der Waals surface area contributed by atoms with Gasteiger partial charge in [0.25, 0.3) is 0 Å². The largest absolute Gasteiger partial charge is 1.00 e. The minimum absolute atomic E-state index is 0. The SMILES string of the molecule is Cc1cc(OCC[C@@H](O)CO)cc(C)c1-c1cccc(CNc2ccc(Cn3oc(=O)[n-]c3=O)cc2)c1C.[Na+]. The van der Waals surface area contributed by atoms with Gasteiger partial charge in [-0.3, -0.25) is 9.53 Å². The number of aliphatic hydroxyl groups is 2. The molecule has 4 aromatic rings. The molecule has 0 saturated heterocycles. The van der Waals surface area contributed by atoms with E-state index in [0.717, 1.165) is 38.4 Å². The Balaban J connectivity index is 0.00000420. The van der Waals surface area contributed by atoms with Gasteiger partial charge in [0.15, 0.2) is 5.69 Å². The fraction of sp³-hybridized carbons (Fsp3) is 0.310. The van der Waals surface area contributed by atoms with Crippen LogP contribution in [0.15, 0.2) is 68.7 Å². The van der Waals surface area contributed by atoms with E-state index >= 15 is 0 Å². The molecule has 3 N–H and O–H groups in total. The number of ether oxygens (including phenoxy) is 1. The molecule has 9 nitrogen and oxygen atoms in total. The topological polar surface area (TPSA) is 128 Å². The predicted octanol–water partition coefficient (Wildman–Crippen LogP) is 0.137. The molecule has 0 saturated carbocycles. The molecule has 0 aliphatic heterocycles. The van der Waals surface area contributed by atoms with Crippen molar-refractivity contribution >= 4 is 5.69 Å². The van der Waals surface area contributed by atoms with Crippen molar-refractivity contribution in [3.8, 4) is 16.9 Å². The van der Waals surface area contributed by atoms with Gasteiger partial charge in [0.2, 0.25) is 0 Å². The molecule has 0 unspecified atom stereocenters. The second kappa shape index (κ2) is 13.8. The molecule has 4 rings (SSSR count). The average Bonchev–Trinajstić information content (AvgIpc) is 3.20. The number of aliphatic hydroxyl groups excluding tert-OH is 2. The Morgan fingerprint density at radius 3 is 2.36 bits per heavy atom. The number of benzene rings is 3. The van der Waals surface area contributed by atoms with Crippen LogP contribution in [0, 0.1) is 20.8 Å². The first kappa shape index (κ1) is 30.5. The molecule has 0 bridgehead atoms. The molecule has 0 amide bonds. The third-order valence-electron chi connectivity index (χ3n) is 6.50. The summed E-state index contributed by atoms with van der Waals surface area (Å²) in [5.41, 5.74) is 7.91. The Kier molecular flexibility index (Phi) is 10.8. The summed E-state index contributed by atoms with van der Waals surface area (Å²) in [7, 11) is 0. The monoisotopic (exact) mass is 541 g/mol. The average molecular weight is 542 g/mol. The summed E-state index contributed by atoms with van der Waals surface area (Å²) in [6, 6.07) is 17.9. The zero-order valence-corrected chi connectivity index (χ0v) is 24.7. The Bertz CT molecular complexity index is 1480. The standard InChI is InChI=1S/C29H33N3O6.Na/c1-18-13-25(37-12-11-24(34)17-33)14-19(2)27(18)26-6-4-5-22(20(26)3)15-30-23-9-7-21(8-10-23)16-32-28(35)31-29(36)38-32;/h4-10,13-14,24,30,33-34H,11-12,15-17H2,1-3H3,(H,31,35,36);/q;+1/p-1/t24-;/m1./s1. The third-order valence-corrected chi connectivity index (χ3v) is 6.50. The first-order chi connectivity index (χ1) is 18.2. The Hall–Kier alpha value is -3.08. The smallest absolute Gasteiger partial charge is 0.493 e. The van der Waals surface area contributed by atoms with Gasteiger partial charge in [-0.25, -0.2) is 4.79 Å². The van der Waals surface area contributed by atoms with Gasteiger partial charge in [0.05, 0.1) is 19.3 Å². The van der Waals surface area contributed by atoms with Crippen LogP contribution >= 0.6 is 0 Å². The van der Waals surface area contributed by atoms with Crippen LogP contribution in [0.5, 0.6) is 5.75 Å². The summed E-state index contributed by atoms with van der Waals surface area (Å²) >= 11 is 0. The first-order valence-corrected chi connectivity index (χ1v) is 12.4. The van der Waals surface area contributed by atoms with Crippen molar-refractivity contribution in [3.63, 3.8) is 0 Å². The second-order valence-electron chi connectivity index (χ2n) is 9.33. The quantitative estimate of drug-likeness (QED) is 0.229. The normalized spacial score (nSPS) is 11.6. The van der Waals surface area contributed by atoms with Crippen molar-refractivity contribution in [1.82, 2.24) is 9.72 Å². The van der Waals surface area contributed by atoms with Gasteiger partial charge >= 0.3 is 35.3 Å². The van der Waals surface area contributed by atoms with Crippen LogP contribution in [0.25, 0.3) is 11.1 Å². The van der Waals surface area contributed by atoms with Crippen molar-refractivity contribution < 1.29 is 49.0 Å². The van der Waals surface area contributed by atoms with E-state index in [1.807, 2.05) is 36.4 Å². The van der Waals surface area contributed by atoms with Crippen LogP contribution in [-0.4, -0.2) is 34.3 Å². The molecular formula is C29H32N3NaO6. The minimum Gasteiger partial charge on any atom is -0.493 e. The number of aryl methyl sites for hydroxylation is 2. The van der Waals surface area contributed by atoms with E-state index in [1.54, 1.807) is 0 Å². The van der Waals surface area contributed by atoms with Gasteiger partial charge in [-0.2, -0.15) is 0 Å². The number of hydrogen-bond donors (Lipinski definition) is 3. The molecule has 3 aromatic carbocycles. The zero-order valence-electron chi connectivity index (χ0n) is 22.7. The Morgan fingerprint density at radius 2 is 1.74 bits per heavy atom. The van der Waals surface area contributed by atoms with E-state index in [9.17, 15) is 14.7 Å². The molecule has 1 atom stereocenters.